The molecule has 5 nitrogen and oxygen atoms in total. The van der Waals surface area contributed by atoms with Crippen molar-refractivity contribution in [3.63, 3.8) is 0 Å². The molecule has 0 aliphatic heterocycles. The van der Waals surface area contributed by atoms with Crippen LogP contribution in [-0.4, -0.2) is 23.8 Å². The Morgan fingerprint density at radius 2 is 1.96 bits per heavy atom. The van der Waals surface area contributed by atoms with Gasteiger partial charge in [0.2, 0.25) is 5.88 Å². The highest BCUT2D eigenvalue weighted by Crippen LogP contribution is 2.31. The monoisotopic (exact) mass is 341 g/mol. The average Bonchev–Trinajstić information content (AvgIpc) is 2.95. The predicted molar refractivity (Wildman–Crippen MR) is 94.4 cm³/mol. The normalized spacial score (nSPS) is 10.7. The van der Waals surface area contributed by atoms with Crippen LogP contribution in [-0.2, 0) is 6.42 Å². The Bertz CT molecular complexity index is 840. The highest BCUT2D eigenvalue weighted by molar-refractivity contribution is 5.72. The molecule has 0 atom stereocenters. The summed E-state index contributed by atoms with van der Waals surface area (Å²) in [5.74, 6) is 1.05. The lowest BCUT2D eigenvalue weighted by molar-refractivity contribution is 0.393. The predicted octanol–water partition coefficient (Wildman–Crippen LogP) is 4.16. The van der Waals surface area contributed by atoms with Gasteiger partial charge < -0.3 is 14.6 Å². The summed E-state index contributed by atoms with van der Waals surface area (Å²) in [6.07, 6.45) is 2.51. The molecule has 0 unspecified atom stereocenters. The van der Waals surface area contributed by atoms with E-state index in [9.17, 15) is 4.39 Å². The number of aromatic nitrogens is 2. The molecule has 1 aromatic carbocycles. The minimum absolute atomic E-state index is 0.227. The van der Waals surface area contributed by atoms with Gasteiger partial charge in [0.25, 0.3) is 0 Å². The van der Waals surface area contributed by atoms with Gasteiger partial charge in [-0.3, -0.25) is 0 Å². The lowest BCUT2D eigenvalue weighted by atomic mass is 10.1. The fourth-order valence-corrected chi connectivity index (χ4v) is 2.77. The van der Waals surface area contributed by atoms with E-state index in [2.05, 4.69) is 15.5 Å². The third kappa shape index (κ3) is 3.79. The van der Waals surface area contributed by atoms with E-state index in [0.717, 1.165) is 40.3 Å². The lowest BCUT2D eigenvalue weighted by Gasteiger charge is -2.12. The summed E-state index contributed by atoms with van der Waals surface area (Å²) in [6, 6.07) is 8.48. The third-order valence-corrected chi connectivity index (χ3v) is 4.01. The Balaban J connectivity index is 1.77. The molecule has 3 aromatic rings. The third-order valence-electron chi connectivity index (χ3n) is 4.01. The van der Waals surface area contributed by atoms with E-state index in [4.69, 9.17) is 9.26 Å². The first-order valence-corrected chi connectivity index (χ1v) is 8.04. The Morgan fingerprint density at radius 1 is 1.20 bits per heavy atom. The summed E-state index contributed by atoms with van der Waals surface area (Å²) in [5.41, 5.74) is 4.53. The van der Waals surface area contributed by atoms with Crippen molar-refractivity contribution in [2.45, 2.75) is 20.3 Å². The van der Waals surface area contributed by atoms with Crippen LogP contribution in [0.25, 0.3) is 11.1 Å². The number of halogens is 1. The summed E-state index contributed by atoms with van der Waals surface area (Å²) in [7, 11) is 1.59. The van der Waals surface area contributed by atoms with Gasteiger partial charge in [-0.2, -0.15) is 0 Å². The average molecular weight is 341 g/mol. The van der Waals surface area contributed by atoms with E-state index >= 15 is 0 Å². The molecule has 130 valence electrons. The minimum Gasteiger partial charge on any atom is -0.480 e. The summed E-state index contributed by atoms with van der Waals surface area (Å²) in [6.45, 7) is 4.45. The first-order valence-electron chi connectivity index (χ1n) is 8.04. The molecule has 0 spiro atoms. The van der Waals surface area contributed by atoms with Gasteiger partial charge in [0.15, 0.2) is 0 Å². The molecule has 2 heterocycles. The Morgan fingerprint density at radius 3 is 2.60 bits per heavy atom. The summed E-state index contributed by atoms with van der Waals surface area (Å²) in [4.78, 5) is 4.37. The van der Waals surface area contributed by atoms with Crippen LogP contribution in [0.5, 0.6) is 5.88 Å². The zero-order chi connectivity index (χ0) is 17.8. The second-order valence-corrected chi connectivity index (χ2v) is 5.78. The van der Waals surface area contributed by atoms with Gasteiger partial charge in [0, 0.05) is 23.9 Å². The molecule has 6 heteroatoms. The number of rotatable bonds is 6. The molecule has 2 aromatic heterocycles. The fourth-order valence-electron chi connectivity index (χ4n) is 2.77. The molecular formula is C19H20FN3O2. The van der Waals surface area contributed by atoms with Crippen molar-refractivity contribution in [3.8, 4) is 17.0 Å². The summed E-state index contributed by atoms with van der Waals surface area (Å²) < 4.78 is 23.5. The summed E-state index contributed by atoms with van der Waals surface area (Å²) >= 11 is 0. The van der Waals surface area contributed by atoms with Crippen molar-refractivity contribution < 1.29 is 13.7 Å². The van der Waals surface area contributed by atoms with E-state index in [0.29, 0.717) is 12.4 Å². The van der Waals surface area contributed by atoms with E-state index in [1.54, 1.807) is 25.4 Å². The van der Waals surface area contributed by atoms with Crippen molar-refractivity contribution in [2.24, 2.45) is 0 Å². The number of aryl methyl sites for hydroxylation is 2. The van der Waals surface area contributed by atoms with Crippen molar-refractivity contribution >= 4 is 5.69 Å². The van der Waals surface area contributed by atoms with Gasteiger partial charge in [-0.15, -0.1) is 0 Å². The first kappa shape index (κ1) is 17.0. The van der Waals surface area contributed by atoms with Crippen LogP contribution in [0.1, 0.15) is 17.0 Å². The molecule has 0 saturated carbocycles. The molecule has 3 rings (SSSR count). The van der Waals surface area contributed by atoms with Crippen LogP contribution in [0.3, 0.4) is 0 Å². The number of benzene rings is 1. The van der Waals surface area contributed by atoms with Crippen LogP contribution in [0, 0.1) is 19.7 Å². The van der Waals surface area contributed by atoms with Crippen LogP contribution in [0.15, 0.2) is 41.1 Å². The van der Waals surface area contributed by atoms with E-state index in [-0.39, 0.29) is 5.82 Å². The van der Waals surface area contributed by atoms with Gasteiger partial charge in [-0.1, -0.05) is 17.3 Å². The smallest absolute Gasteiger partial charge is 0.237 e. The fraction of sp³-hybridized carbons (Fsp3) is 0.263. The standard InChI is InChI=1S/C19H20FN3O2/c1-12-18(13(2)25-23-12)15-10-17(19(24-3)22-11-15)21-9-8-14-4-6-16(20)7-5-14/h4-7,10-11,21H,8-9H2,1-3H3. The number of hydrogen-bond donors (Lipinski definition) is 1. The topological polar surface area (TPSA) is 60.2 Å². The maximum Gasteiger partial charge on any atom is 0.237 e. The Kier molecular flexibility index (Phi) is 4.97. The zero-order valence-electron chi connectivity index (χ0n) is 14.5. The van der Waals surface area contributed by atoms with E-state index in [1.807, 2.05) is 19.9 Å². The van der Waals surface area contributed by atoms with Gasteiger partial charge in [0.1, 0.15) is 11.6 Å². The van der Waals surface area contributed by atoms with Crippen molar-refractivity contribution in [2.75, 3.05) is 19.0 Å². The minimum atomic E-state index is -0.227. The van der Waals surface area contributed by atoms with Crippen LogP contribution in [0.2, 0.25) is 0 Å². The second kappa shape index (κ2) is 7.34. The lowest BCUT2D eigenvalue weighted by Crippen LogP contribution is -2.07. The largest absolute Gasteiger partial charge is 0.480 e. The molecule has 0 radical (unpaired) electrons. The van der Waals surface area contributed by atoms with Crippen LogP contribution < -0.4 is 10.1 Å². The molecule has 0 fully saturated rings. The molecule has 25 heavy (non-hydrogen) atoms. The Labute approximate surface area is 145 Å². The number of nitrogens with zero attached hydrogens (tertiary/aromatic N) is 2. The quantitative estimate of drug-likeness (QED) is 0.730. The van der Waals surface area contributed by atoms with Crippen LogP contribution >= 0.6 is 0 Å². The van der Waals surface area contributed by atoms with Gasteiger partial charge >= 0.3 is 0 Å². The van der Waals surface area contributed by atoms with Gasteiger partial charge in [-0.25, -0.2) is 9.37 Å². The maximum absolute atomic E-state index is 13.0. The number of hydrogen-bond acceptors (Lipinski definition) is 5. The molecule has 0 bridgehead atoms. The van der Waals surface area contributed by atoms with Gasteiger partial charge in [0.05, 0.1) is 18.5 Å². The van der Waals surface area contributed by atoms with Crippen molar-refractivity contribution in [1.29, 1.82) is 0 Å². The number of ether oxygens (including phenoxy) is 1. The number of nitrogens with one attached hydrogen (secondary N) is 1. The first-order chi connectivity index (χ1) is 12.1. The highest BCUT2D eigenvalue weighted by atomic mass is 19.1. The number of pyridine rings is 1. The van der Waals surface area contributed by atoms with Crippen LogP contribution in [0.4, 0.5) is 10.1 Å². The number of methoxy groups -OCH3 is 1. The SMILES string of the molecule is COc1ncc(-c2c(C)noc2C)cc1NCCc1ccc(F)cc1. The molecular weight excluding hydrogens is 321 g/mol. The second-order valence-electron chi connectivity index (χ2n) is 5.78. The molecule has 0 aliphatic rings. The number of anilines is 1. The van der Waals surface area contributed by atoms with Crippen molar-refractivity contribution in [1.82, 2.24) is 10.1 Å². The zero-order valence-corrected chi connectivity index (χ0v) is 14.5. The van der Waals surface area contributed by atoms with E-state index < -0.39 is 0 Å². The van der Waals surface area contributed by atoms with E-state index in [1.165, 1.54) is 12.1 Å². The molecule has 1 N–H and O–H groups in total. The summed E-state index contributed by atoms with van der Waals surface area (Å²) in [5, 5.41) is 7.32. The molecule has 0 aliphatic carbocycles. The molecule has 0 saturated heterocycles. The maximum atomic E-state index is 13.0. The van der Waals surface area contributed by atoms with Gasteiger partial charge in [-0.05, 0) is 44.0 Å². The molecule has 0 amide bonds. The highest BCUT2D eigenvalue weighted by Gasteiger charge is 2.14. The van der Waals surface area contributed by atoms with Crippen molar-refractivity contribution in [3.05, 3.63) is 59.4 Å². The Hall–Kier alpha value is -2.89.